The third-order valence-corrected chi connectivity index (χ3v) is 6.53. The molecule has 3 aliphatic rings. The van der Waals surface area contributed by atoms with Gasteiger partial charge in [-0.1, -0.05) is 83.9 Å². The summed E-state index contributed by atoms with van der Waals surface area (Å²) in [4.78, 5) is 12.7. The molecule has 0 bridgehead atoms. The second-order valence-electron chi connectivity index (χ2n) is 7.55. The number of ether oxygens (including phenoxy) is 4. The molecule has 5 rings (SSSR count). The van der Waals surface area contributed by atoms with E-state index >= 15 is 0 Å². The molecule has 2 aliphatic heterocycles. The Labute approximate surface area is 178 Å². The molecule has 1 unspecified atom stereocenters. The molecular formula is C22H20Cl2O5. The first-order valence-electron chi connectivity index (χ1n) is 9.61. The first kappa shape index (κ1) is 19.5. The van der Waals surface area contributed by atoms with Crippen molar-refractivity contribution in [2.75, 3.05) is 6.61 Å². The minimum Gasteiger partial charge on any atom is -0.370 e. The number of ketones is 1. The summed E-state index contributed by atoms with van der Waals surface area (Å²) in [5.41, 5.74) is 1.91. The van der Waals surface area contributed by atoms with Crippen LogP contribution in [0, 0.1) is 5.92 Å². The number of alkyl halides is 2. The second-order valence-corrected chi connectivity index (χ2v) is 8.93. The molecule has 152 valence electrons. The number of carbonyl (C=O) groups is 1. The zero-order chi connectivity index (χ0) is 20.0. The predicted molar refractivity (Wildman–Crippen MR) is 107 cm³/mol. The summed E-state index contributed by atoms with van der Waals surface area (Å²) in [5, 5.41) is 0. The second kappa shape index (κ2) is 7.65. The van der Waals surface area contributed by atoms with Gasteiger partial charge in [0.15, 0.2) is 12.1 Å². The lowest BCUT2D eigenvalue weighted by Crippen LogP contribution is -2.74. The quantitative estimate of drug-likeness (QED) is 0.684. The van der Waals surface area contributed by atoms with Crippen molar-refractivity contribution in [1.82, 2.24) is 0 Å². The molecule has 5 nitrogen and oxygen atoms in total. The van der Waals surface area contributed by atoms with Crippen LogP contribution in [0.2, 0.25) is 0 Å². The summed E-state index contributed by atoms with van der Waals surface area (Å²) >= 11 is 12.4. The molecule has 7 heteroatoms. The molecule has 0 aromatic heterocycles. The fraction of sp³-hybridized carbons (Fsp3) is 0.409. The number of hydrogen-bond donors (Lipinski definition) is 0. The molecule has 2 saturated heterocycles. The van der Waals surface area contributed by atoms with Crippen molar-refractivity contribution in [2.45, 2.75) is 41.6 Å². The largest absolute Gasteiger partial charge is 0.370 e. The Morgan fingerprint density at radius 3 is 2.41 bits per heavy atom. The van der Waals surface area contributed by atoms with Crippen molar-refractivity contribution in [2.24, 2.45) is 5.92 Å². The van der Waals surface area contributed by atoms with Crippen molar-refractivity contribution < 1.29 is 23.7 Å². The van der Waals surface area contributed by atoms with Crippen LogP contribution in [-0.4, -0.2) is 41.1 Å². The van der Waals surface area contributed by atoms with E-state index in [9.17, 15) is 4.79 Å². The van der Waals surface area contributed by atoms with Gasteiger partial charge in [-0.15, -0.1) is 0 Å². The summed E-state index contributed by atoms with van der Waals surface area (Å²) in [6.07, 6.45) is -2.59. The molecule has 1 aliphatic carbocycles. The summed E-state index contributed by atoms with van der Waals surface area (Å²) in [5.74, 6) is -0.849. The van der Waals surface area contributed by atoms with Crippen LogP contribution in [0.1, 0.15) is 17.4 Å². The Morgan fingerprint density at radius 2 is 1.69 bits per heavy atom. The molecule has 6 atom stereocenters. The van der Waals surface area contributed by atoms with E-state index in [1.807, 2.05) is 60.7 Å². The first-order valence-corrected chi connectivity index (χ1v) is 10.4. The standard InChI is InChI=1S/C22H20Cl2O5/c23-22(24)19(25)16-18(26-11-13-7-3-1-4-8-13)17-15(28-20(16)22)12-27-21(29-17)14-9-5-2-6-10-14/h1-10,15-18,20-21H,11-12H2/t15-,16-,17-,18+,20-,21?/m1/s1. The smallest absolute Gasteiger partial charge is 0.202 e. The normalized spacial score (nSPS) is 35.3. The van der Waals surface area contributed by atoms with Gasteiger partial charge in [-0.2, -0.15) is 0 Å². The highest BCUT2D eigenvalue weighted by atomic mass is 35.5. The number of carbonyl (C=O) groups excluding carboxylic acids is 1. The SMILES string of the molecule is O=C1[C@H]2[C@H](OCc3ccccc3)[C@@H]3OC(c4ccccc4)OC[C@H]3O[C@H]2C1(Cl)Cl. The maximum Gasteiger partial charge on any atom is 0.202 e. The van der Waals surface area contributed by atoms with E-state index in [0.717, 1.165) is 11.1 Å². The van der Waals surface area contributed by atoms with Crippen LogP contribution in [0.4, 0.5) is 0 Å². The van der Waals surface area contributed by atoms with Crippen molar-refractivity contribution >= 4 is 29.0 Å². The molecule has 0 spiro atoms. The lowest BCUT2D eigenvalue weighted by atomic mass is 9.70. The molecule has 0 radical (unpaired) electrons. The van der Waals surface area contributed by atoms with Crippen molar-refractivity contribution in [3.05, 3.63) is 71.8 Å². The lowest BCUT2D eigenvalue weighted by Gasteiger charge is -2.56. The van der Waals surface area contributed by atoms with Crippen molar-refractivity contribution in [3.8, 4) is 0 Å². The van der Waals surface area contributed by atoms with Crippen LogP contribution in [0.25, 0.3) is 0 Å². The van der Waals surface area contributed by atoms with Gasteiger partial charge in [0.05, 0.1) is 25.2 Å². The van der Waals surface area contributed by atoms with E-state index in [2.05, 4.69) is 0 Å². The Morgan fingerprint density at radius 1 is 1.00 bits per heavy atom. The molecular weight excluding hydrogens is 415 g/mol. The van der Waals surface area contributed by atoms with Gasteiger partial charge in [0, 0.05) is 5.56 Å². The fourth-order valence-corrected chi connectivity index (χ4v) is 4.84. The number of hydrogen-bond acceptors (Lipinski definition) is 5. The van der Waals surface area contributed by atoms with E-state index in [1.54, 1.807) is 0 Å². The van der Waals surface area contributed by atoms with E-state index in [0.29, 0.717) is 13.2 Å². The van der Waals surface area contributed by atoms with Crippen LogP contribution in [0.15, 0.2) is 60.7 Å². The Kier molecular flexibility index (Phi) is 5.14. The molecule has 2 heterocycles. The number of Topliss-reactive ketones (excluding diaryl/α,β-unsaturated/α-hetero) is 1. The topological polar surface area (TPSA) is 54.0 Å². The highest BCUT2D eigenvalue weighted by molar-refractivity contribution is 6.61. The average Bonchev–Trinajstić information content (AvgIpc) is 2.77. The van der Waals surface area contributed by atoms with E-state index < -0.39 is 41.0 Å². The van der Waals surface area contributed by atoms with Gasteiger partial charge in [-0.3, -0.25) is 4.79 Å². The Bertz CT molecular complexity index is 875. The molecule has 3 fully saturated rings. The first-order chi connectivity index (χ1) is 14.1. The Balaban J connectivity index is 1.40. The van der Waals surface area contributed by atoms with Crippen LogP contribution < -0.4 is 0 Å². The van der Waals surface area contributed by atoms with E-state index in [1.165, 1.54) is 0 Å². The van der Waals surface area contributed by atoms with Crippen molar-refractivity contribution in [1.29, 1.82) is 0 Å². The van der Waals surface area contributed by atoms with Gasteiger partial charge in [0.2, 0.25) is 4.33 Å². The minimum atomic E-state index is -1.56. The van der Waals surface area contributed by atoms with E-state index in [-0.39, 0.29) is 5.78 Å². The zero-order valence-corrected chi connectivity index (χ0v) is 17.0. The monoisotopic (exact) mass is 434 g/mol. The van der Waals surface area contributed by atoms with Gasteiger partial charge >= 0.3 is 0 Å². The third-order valence-electron chi connectivity index (χ3n) is 5.73. The van der Waals surface area contributed by atoms with Gasteiger partial charge in [-0.05, 0) is 5.56 Å². The van der Waals surface area contributed by atoms with Gasteiger partial charge < -0.3 is 18.9 Å². The van der Waals surface area contributed by atoms with Gasteiger partial charge in [-0.25, -0.2) is 0 Å². The minimum absolute atomic E-state index is 0.284. The molecule has 2 aromatic carbocycles. The summed E-state index contributed by atoms with van der Waals surface area (Å²) in [6, 6.07) is 19.4. The molecule has 0 amide bonds. The summed E-state index contributed by atoms with van der Waals surface area (Å²) in [7, 11) is 0. The maximum atomic E-state index is 12.7. The maximum absolute atomic E-state index is 12.7. The number of halogens is 2. The van der Waals surface area contributed by atoms with Gasteiger partial charge in [0.1, 0.15) is 18.3 Å². The highest BCUT2D eigenvalue weighted by Crippen LogP contribution is 2.53. The van der Waals surface area contributed by atoms with Crippen LogP contribution in [-0.2, 0) is 30.3 Å². The lowest BCUT2D eigenvalue weighted by molar-refractivity contribution is -0.332. The zero-order valence-electron chi connectivity index (χ0n) is 15.4. The van der Waals surface area contributed by atoms with E-state index in [4.69, 9.17) is 42.1 Å². The summed E-state index contributed by atoms with van der Waals surface area (Å²) < 4.78 is 22.8. The fourth-order valence-electron chi connectivity index (χ4n) is 4.22. The molecule has 2 aromatic rings. The third kappa shape index (κ3) is 3.40. The molecule has 1 saturated carbocycles. The number of benzene rings is 2. The Hall–Kier alpha value is -1.47. The molecule has 29 heavy (non-hydrogen) atoms. The van der Waals surface area contributed by atoms with Crippen LogP contribution in [0.5, 0.6) is 0 Å². The molecule has 0 N–H and O–H groups in total. The summed E-state index contributed by atoms with van der Waals surface area (Å²) in [6.45, 7) is 0.652. The highest BCUT2D eigenvalue weighted by Gasteiger charge is 2.69. The number of rotatable bonds is 4. The van der Waals surface area contributed by atoms with Crippen molar-refractivity contribution in [3.63, 3.8) is 0 Å². The van der Waals surface area contributed by atoms with Crippen LogP contribution >= 0.6 is 23.2 Å². The van der Waals surface area contributed by atoms with Gasteiger partial charge in [0.25, 0.3) is 0 Å². The van der Waals surface area contributed by atoms with Crippen LogP contribution in [0.3, 0.4) is 0 Å². The number of fused-ring (bicyclic) bond motifs is 2. The predicted octanol–water partition coefficient (Wildman–Crippen LogP) is 3.83. The average molecular weight is 435 g/mol.